The number of nitro groups is 1. The van der Waals surface area contributed by atoms with Gasteiger partial charge < -0.3 is 5.32 Å². The number of nitrogens with zero attached hydrogens (tertiary/aromatic N) is 3. The summed E-state index contributed by atoms with van der Waals surface area (Å²) in [4.78, 5) is 34.6. The van der Waals surface area contributed by atoms with Crippen LogP contribution in [0.4, 0.5) is 5.69 Å². The summed E-state index contributed by atoms with van der Waals surface area (Å²) in [5, 5.41) is 18.8. The molecule has 1 aromatic heterocycles. The van der Waals surface area contributed by atoms with E-state index in [0.29, 0.717) is 16.5 Å². The summed E-state index contributed by atoms with van der Waals surface area (Å²) in [6.45, 7) is 0.0934. The molecule has 8 nitrogen and oxygen atoms in total. The van der Waals surface area contributed by atoms with Gasteiger partial charge >= 0.3 is 0 Å². The lowest BCUT2D eigenvalue weighted by Crippen LogP contribution is -2.27. The summed E-state index contributed by atoms with van der Waals surface area (Å²) in [6.07, 6.45) is 0. The lowest BCUT2D eigenvalue weighted by molar-refractivity contribution is -0.384. The molecule has 2 aromatic carbocycles. The summed E-state index contributed by atoms with van der Waals surface area (Å²) in [5.74, 6) is -0.455. The summed E-state index contributed by atoms with van der Waals surface area (Å²) in [7, 11) is 1.54. The second kappa shape index (κ2) is 6.52. The van der Waals surface area contributed by atoms with Crippen LogP contribution < -0.4 is 10.9 Å². The van der Waals surface area contributed by atoms with Crippen LogP contribution in [0, 0.1) is 10.1 Å². The molecule has 126 valence electrons. The van der Waals surface area contributed by atoms with Crippen LogP contribution >= 0.6 is 0 Å². The monoisotopic (exact) mass is 338 g/mol. The van der Waals surface area contributed by atoms with Crippen LogP contribution in [0.3, 0.4) is 0 Å². The third kappa shape index (κ3) is 3.23. The van der Waals surface area contributed by atoms with Gasteiger partial charge in [-0.1, -0.05) is 24.3 Å². The number of hydrogen-bond donors (Lipinski definition) is 1. The van der Waals surface area contributed by atoms with Crippen molar-refractivity contribution in [1.29, 1.82) is 0 Å². The highest BCUT2D eigenvalue weighted by atomic mass is 16.6. The van der Waals surface area contributed by atoms with Crippen LogP contribution in [0.25, 0.3) is 10.8 Å². The first-order chi connectivity index (χ1) is 12.0. The largest absolute Gasteiger partial charge is 0.346 e. The number of aromatic nitrogens is 2. The fraction of sp³-hybridized carbons (Fsp3) is 0.118. The Kier molecular flexibility index (Phi) is 4.25. The molecule has 0 atom stereocenters. The van der Waals surface area contributed by atoms with Crippen LogP contribution in [-0.2, 0) is 13.6 Å². The number of nitro benzene ring substituents is 1. The second-order valence-corrected chi connectivity index (χ2v) is 5.41. The van der Waals surface area contributed by atoms with E-state index in [1.165, 1.54) is 28.9 Å². The number of fused-ring (bicyclic) bond motifs is 1. The Balaban J connectivity index is 1.87. The molecule has 0 saturated heterocycles. The highest BCUT2D eigenvalue weighted by Crippen LogP contribution is 2.15. The van der Waals surface area contributed by atoms with Gasteiger partial charge in [0.25, 0.3) is 17.2 Å². The Morgan fingerprint density at radius 3 is 2.64 bits per heavy atom. The molecule has 0 spiro atoms. The molecule has 0 radical (unpaired) electrons. The Morgan fingerprint density at radius 1 is 1.20 bits per heavy atom. The smallest absolute Gasteiger partial charge is 0.274 e. The third-order valence-electron chi connectivity index (χ3n) is 3.77. The highest BCUT2D eigenvalue weighted by molar-refractivity contribution is 5.95. The maximum absolute atomic E-state index is 12.3. The van der Waals surface area contributed by atoms with Crippen molar-refractivity contribution in [3.63, 3.8) is 0 Å². The van der Waals surface area contributed by atoms with E-state index in [0.717, 1.165) is 0 Å². The quantitative estimate of drug-likeness (QED) is 0.576. The van der Waals surface area contributed by atoms with E-state index >= 15 is 0 Å². The Morgan fingerprint density at radius 2 is 1.92 bits per heavy atom. The Hall–Kier alpha value is -3.55. The third-order valence-corrected chi connectivity index (χ3v) is 3.77. The minimum absolute atomic E-state index is 0.0934. The average molecular weight is 338 g/mol. The van der Waals surface area contributed by atoms with Gasteiger partial charge in [-0.05, 0) is 12.1 Å². The van der Waals surface area contributed by atoms with Gasteiger partial charge in [-0.3, -0.25) is 19.7 Å². The molecule has 0 fully saturated rings. The summed E-state index contributed by atoms with van der Waals surface area (Å²) < 4.78 is 1.22. The number of carbonyl (C=O) groups is 1. The molecular weight excluding hydrogens is 324 g/mol. The zero-order chi connectivity index (χ0) is 18.0. The number of aryl methyl sites for hydroxylation is 1. The normalized spacial score (nSPS) is 10.6. The predicted octanol–water partition coefficient (Wildman–Crippen LogP) is 1.77. The molecule has 0 bridgehead atoms. The van der Waals surface area contributed by atoms with Crippen LogP contribution in [0.15, 0.2) is 53.3 Å². The van der Waals surface area contributed by atoms with Crippen LogP contribution in [0.1, 0.15) is 16.1 Å². The van der Waals surface area contributed by atoms with E-state index in [2.05, 4.69) is 10.4 Å². The van der Waals surface area contributed by atoms with Gasteiger partial charge in [0.2, 0.25) is 0 Å². The fourth-order valence-electron chi connectivity index (χ4n) is 2.53. The Bertz CT molecular complexity index is 1040. The second-order valence-electron chi connectivity index (χ2n) is 5.41. The number of rotatable bonds is 4. The van der Waals surface area contributed by atoms with E-state index in [9.17, 15) is 19.7 Å². The summed E-state index contributed by atoms with van der Waals surface area (Å²) in [5.41, 5.74) is 0.350. The average Bonchev–Trinajstić information content (AvgIpc) is 2.63. The van der Waals surface area contributed by atoms with Gasteiger partial charge in [0.1, 0.15) is 0 Å². The number of benzene rings is 2. The van der Waals surface area contributed by atoms with Gasteiger partial charge in [-0.2, -0.15) is 5.10 Å². The standard InChI is InChI=1S/C17H14N4O4/c1-20-17(23)14-8-3-2-7-13(14)15(19-20)10-18-16(22)11-5-4-6-12(9-11)21(24)25/h2-9H,10H2,1H3,(H,18,22). The van der Waals surface area contributed by atoms with E-state index in [4.69, 9.17) is 0 Å². The van der Waals surface area contributed by atoms with E-state index < -0.39 is 10.8 Å². The number of carbonyl (C=O) groups excluding carboxylic acids is 1. The number of nitrogens with one attached hydrogen (secondary N) is 1. The van der Waals surface area contributed by atoms with Crippen molar-refractivity contribution in [2.24, 2.45) is 7.05 Å². The predicted molar refractivity (Wildman–Crippen MR) is 91.3 cm³/mol. The van der Waals surface area contributed by atoms with E-state index in [1.807, 2.05) is 0 Å². The molecule has 0 aliphatic heterocycles. The first kappa shape index (κ1) is 16.3. The first-order valence-corrected chi connectivity index (χ1v) is 7.45. The maximum Gasteiger partial charge on any atom is 0.274 e. The molecule has 0 aliphatic rings. The van der Waals surface area contributed by atoms with Crippen molar-refractivity contribution >= 4 is 22.4 Å². The van der Waals surface area contributed by atoms with Gasteiger partial charge in [0.05, 0.1) is 22.5 Å². The lowest BCUT2D eigenvalue weighted by atomic mass is 10.1. The molecule has 1 amide bonds. The first-order valence-electron chi connectivity index (χ1n) is 7.45. The Labute approximate surface area is 141 Å². The van der Waals surface area contributed by atoms with E-state index in [1.54, 1.807) is 31.3 Å². The molecule has 3 aromatic rings. The molecule has 0 unspecified atom stereocenters. The highest BCUT2D eigenvalue weighted by Gasteiger charge is 2.13. The molecule has 3 rings (SSSR count). The zero-order valence-corrected chi connectivity index (χ0v) is 13.3. The van der Waals surface area contributed by atoms with Crippen molar-refractivity contribution in [1.82, 2.24) is 15.1 Å². The maximum atomic E-state index is 12.3. The number of hydrogen-bond acceptors (Lipinski definition) is 5. The van der Waals surface area contributed by atoms with E-state index in [-0.39, 0.29) is 23.4 Å². The number of amides is 1. The van der Waals surface area contributed by atoms with Gasteiger partial charge in [-0.15, -0.1) is 0 Å². The van der Waals surface area contributed by atoms with Crippen LogP contribution in [0.5, 0.6) is 0 Å². The van der Waals surface area contributed by atoms with Crippen LogP contribution in [0.2, 0.25) is 0 Å². The minimum atomic E-state index is -0.557. The summed E-state index contributed by atoms with van der Waals surface area (Å²) >= 11 is 0. The minimum Gasteiger partial charge on any atom is -0.346 e. The molecule has 0 aliphatic carbocycles. The molecule has 1 N–H and O–H groups in total. The summed E-state index contributed by atoms with van der Waals surface area (Å²) in [6, 6.07) is 12.5. The fourth-order valence-corrected chi connectivity index (χ4v) is 2.53. The SMILES string of the molecule is Cn1nc(CNC(=O)c2cccc([N+](=O)[O-])c2)c2ccccc2c1=O. The topological polar surface area (TPSA) is 107 Å². The molecule has 0 saturated carbocycles. The van der Waals surface area contributed by atoms with Crippen molar-refractivity contribution in [3.05, 3.63) is 80.3 Å². The molecule has 25 heavy (non-hydrogen) atoms. The molecule has 8 heteroatoms. The molecule has 1 heterocycles. The van der Waals surface area contributed by atoms with Crippen LogP contribution in [-0.4, -0.2) is 20.6 Å². The van der Waals surface area contributed by atoms with Gasteiger partial charge in [0.15, 0.2) is 0 Å². The van der Waals surface area contributed by atoms with Crippen molar-refractivity contribution in [2.45, 2.75) is 6.54 Å². The lowest BCUT2D eigenvalue weighted by Gasteiger charge is -2.09. The van der Waals surface area contributed by atoms with Gasteiger partial charge in [0, 0.05) is 30.1 Å². The van der Waals surface area contributed by atoms with Crippen molar-refractivity contribution in [3.8, 4) is 0 Å². The number of non-ortho nitro benzene ring substituents is 1. The van der Waals surface area contributed by atoms with Crippen molar-refractivity contribution < 1.29 is 9.72 Å². The van der Waals surface area contributed by atoms with Crippen molar-refractivity contribution in [2.75, 3.05) is 0 Å². The van der Waals surface area contributed by atoms with Gasteiger partial charge in [-0.25, -0.2) is 4.68 Å². The zero-order valence-electron chi connectivity index (χ0n) is 13.3. The molecular formula is C17H14N4O4.